The van der Waals surface area contributed by atoms with Crippen LogP contribution >= 0.6 is 0 Å². The van der Waals surface area contributed by atoms with Crippen LogP contribution in [0.15, 0.2) is 60.5 Å². The average Bonchev–Trinajstić information content (AvgIpc) is 3.24. The number of H-pyrrole nitrogens is 1. The third kappa shape index (κ3) is 5.39. The number of hydrogen-bond acceptors (Lipinski definition) is 3. The van der Waals surface area contributed by atoms with E-state index in [1.165, 1.54) is 0 Å². The van der Waals surface area contributed by atoms with Crippen molar-refractivity contribution in [2.45, 2.75) is 13.3 Å². The number of allylic oxidation sites excluding steroid dienone is 2. The van der Waals surface area contributed by atoms with E-state index in [0.717, 1.165) is 35.1 Å². The van der Waals surface area contributed by atoms with Gasteiger partial charge >= 0.3 is 5.97 Å². The Kier molecular flexibility index (Phi) is 6.06. The summed E-state index contributed by atoms with van der Waals surface area (Å²) in [5.41, 5.74) is 1.91. The van der Waals surface area contributed by atoms with Gasteiger partial charge in [0, 0.05) is 18.5 Å². The van der Waals surface area contributed by atoms with Gasteiger partial charge in [-0.25, -0.2) is 4.79 Å². The Morgan fingerprint density at radius 2 is 1.96 bits per heavy atom. The zero-order valence-electron chi connectivity index (χ0n) is 12.9. The van der Waals surface area contributed by atoms with Crippen molar-refractivity contribution in [1.82, 2.24) is 4.98 Å². The fourth-order valence-electron chi connectivity index (χ4n) is 1.94. The van der Waals surface area contributed by atoms with Crippen LogP contribution < -0.4 is 9.47 Å². The van der Waals surface area contributed by atoms with Crippen molar-refractivity contribution in [2.24, 2.45) is 0 Å². The van der Waals surface area contributed by atoms with Gasteiger partial charge in [0.1, 0.15) is 0 Å². The molecule has 0 atom stereocenters. The second kappa shape index (κ2) is 8.48. The molecule has 0 aliphatic carbocycles. The summed E-state index contributed by atoms with van der Waals surface area (Å²) < 4.78 is 10.5. The van der Waals surface area contributed by atoms with E-state index in [2.05, 4.69) is 4.98 Å². The van der Waals surface area contributed by atoms with Crippen molar-refractivity contribution in [3.05, 3.63) is 66.0 Å². The summed E-state index contributed by atoms with van der Waals surface area (Å²) in [4.78, 5) is 13.3. The largest absolute Gasteiger partial charge is 0.478 e. The van der Waals surface area contributed by atoms with E-state index in [-0.39, 0.29) is 6.79 Å². The van der Waals surface area contributed by atoms with Crippen molar-refractivity contribution in [3.8, 4) is 11.5 Å². The lowest BCUT2D eigenvalue weighted by molar-refractivity contribution is -0.131. The fourth-order valence-corrected chi connectivity index (χ4v) is 1.94. The van der Waals surface area contributed by atoms with Crippen molar-refractivity contribution >= 4 is 12.0 Å². The maximum Gasteiger partial charge on any atom is 0.328 e. The maximum atomic E-state index is 10.5. The molecule has 2 aromatic rings. The van der Waals surface area contributed by atoms with Crippen LogP contribution in [0.25, 0.3) is 6.08 Å². The highest BCUT2D eigenvalue weighted by molar-refractivity contribution is 5.80. The SMILES string of the molecule is CCC(C=CC(=O)O)=Cc1ccc2c(c1)OCO2.c1cc[nH]c1. The van der Waals surface area contributed by atoms with Gasteiger partial charge in [-0.1, -0.05) is 25.1 Å². The van der Waals surface area contributed by atoms with Gasteiger partial charge < -0.3 is 19.6 Å². The number of aliphatic carboxylic acids is 1. The molecule has 2 N–H and O–H groups in total. The standard InChI is InChI=1S/C14H14O4.C4H5N/c1-2-10(4-6-14(15)16)7-11-3-5-12-13(8-11)18-9-17-12;1-2-4-5-3-1/h3-8H,2,9H2,1H3,(H,15,16);1-5H. The number of carboxylic acids is 1. The maximum absolute atomic E-state index is 10.5. The molecule has 1 aromatic carbocycles. The van der Waals surface area contributed by atoms with Gasteiger partial charge in [0.2, 0.25) is 6.79 Å². The zero-order valence-corrected chi connectivity index (χ0v) is 12.9. The van der Waals surface area contributed by atoms with Gasteiger partial charge in [0.15, 0.2) is 11.5 Å². The van der Waals surface area contributed by atoms with Crippen LogP contribution in [0.3, 0.4) is 0 Å². The lowest BCUT2D eigenvalue weighted by Gasteiger charge is -2.00. The number of ether oxygens (including phenoxy) is 2. The van der Waals surface area contributed by atoms with Gasteiger partial charge in [-0.15, -0.1) is 0 Å². The Bertz CT molecular complexity index is 670. The summed E-state index contributed by atoms with van der Waals surface area (Å²) in [6, 6.07) is 9.53. The molecule has 0 bridgehead atoms. The van der Waals surface area contributed by atoms with Crippen molar-refractivity contribution < 1.29 is 19.4 Å². The van der Waals surface area contributed by atoms with Crippen LogP contribution in [0, 0.1) is 0 Å². The molecule has 23 heavy (non-hydrogen) atoms. The van der Waals surface area contributed by atoms with E-state index < -0.39 is 5.97 Å². The van der Waals surface area contributed by atoms with Crippen LogP contribution in [-0.2, 0) is 4.79 Å². The Hall–Kier alpha value is -2.95. The van der Waals surface area contributed by atoms with Gasteiger partial charge in [-0.2, -0.15) is 0 Å². The van der Waals surface area contributed by atoms with Crippen molar-refractivity contribution in [3.63, 3.8) is 0 Å². The van der Waals surface area contributed by atoms with Crippen LogP contribution in [0.4, 0.5) is 0 Å². The first-order valence-electron chi connectivity index (χ1n) is 7.28. The molecule has 0 spiro atoms. The number of aromatic amines is 1. The Morgan fingerprint density at radius 3 is 2.57 bits per heavy atom. The van der Waals surface area contributed by atoms with E-state index in [0.29, 0.717) is 0 Å². The molecule has 5 heteroatoms. The predicted octanol–water partition coefficient (Wildman–Crippen LogP) is 3.86. The van der Waals surface area contributed by atoms with Crippen LogP contribution in [-0.4, -0.2) is 22.9 Å². The first-order chi connectivity index (χ1) is 11.2. The van der Waals surface area contributed by atoms with Crippen molar-refractivity contribution in [2.75, 3.05) is 6.79 Å². The number of hydrogen-bond donors (Lipinski definition) is 2. The molecule has 0 saturated carbocycles. The summed E-state index contributed by atoms with van der Waals surface area (Å²) in [5, 5.41) is 8.60. The lowest BCUT2D eigenvalue weighted by Crippen LogP contribution is -1.92. The topological polar surface area (TPSA) is 71.6 Å². The number of rotatable bonds is 4. The monoisotopic (exact) mass is 313 g/mol. The molecule has 0 fully saturated rings. The molecule has 3 rings (SSSR count). The molecule has 1 aromatic heterocycles. The minimum absolute atomic E-state index is 0.252. The summed E-state index contributed by atoms with van der Waals surface area (Å²) in [5.74, 6) is 0.521. The molecule has 0 saturated heterocycles. The average molecular weight is 313 g/mol. The molecule has 1 aliphatic rings. The van der Waals surface area contributed by atoms with Gasteiger partial charge in [0.05, 0.1) is 0 Å². The first kappa shape index (κ1) is 16.4. The number of fused-ring (bicyclic) bond motifs is 1. The minimum atomic E-state index is -0.944. The van der Waals surface area contributed by atoms with Crippen molar-refractivity contribution in [1.29, 1.82) is 0 Å². The number of carboxylic acid groups (broad SMARTS) is 1. The Morgan fingerprint density at radius 1 is 1.22 bits per heavy atom. The van der Waals surface area contributed by atoms with E-state index >= 15 is 0 Å². The summed E-state index contributed by atoms with van der Waals surface area (Å²) in [6.07, 6.45) is 9.19. The van der Waals surface area contributed by atoms with Crippen LogP contribution in [0.5, 0.6) is 11.5 Å². The smallest absolute Gasteiger partial charge is 0.328 e. The van der Waals surface area contributed by atoms with Gasteiger partial charge in [-0.3, -0.25) is 0 Å². The highest BCUT2D eigenvalue weighted by Gasteiger charge is 2.12. The molecular weight excluding hydrogens is 294 g/mol. The Labute approximate surface area is 134 Å². The van der Waals surface area contributed by atoms with Gasteiger partial charge in [0.25, 0.3) is 0 Å². The summed E-state index contributed by atoms with van der Waals surface area (Å²) >= 11 is 0. The number of nitrogens with one attached hydrogen (secondary N) is 1. The second-order valence-corrected chi connectivity index (χ2v) is 4.74. The molecule has 2 heterocycles. The predicted molar refractivity (Wildman–Crippen MR) is 88.4 cm³/mol. The first-order valence-corrected chi connectivity index (χ1v) is 7.28. The fraction of sp³-hybridized carbons (Fsp3) is 0.167. The third-order valence-electron chi connectivity index (χ3n) is 3.09. The normalized spacial score (nSPS) is 12.8. The second-order valence-electron chi connectivity index (χ2n) is 4.74. The number of aromatic nitrogens is 1. The third-order valence-corrected chi connectivity index (χ3v) is 3.09. The number of benzene rings is 1. The quantitative estimate of drug-likeness (QED) is 0.664. The van der Waals surface area contributed by atoms with Gasteiger partial charge in [-0.05, 0) is 41.8 Å². The number of carbonyl (C=O) groups is 1. The molecule has 1 aliphatic heterocycles. The van der Waals surface area contributed by atoms with E-state index in [9.17, 15) is 4.79 Å². The van der Waals surface area contributed by atoms with E-state index in [1.54, 1.807) is 6.08 Å². The zero-order chi connectivity index (χ0) is 16.5. The van der Waals surface area contributed by atoms with E-state index in [4.69, 9.17) is 14.6 Å². The molecule has 0 unspecified atom stereocenters. The molecule has 0 radical (unpaired) electrons. The van der Waals surface area contributed by atoms with E-state index in [1.807, 2.05) is 55.7 Å². The highest BCUT2D eigenvalue weighted by atomic mass is 16.7. The molecule has 0 amide bonds. The Balaban J connectivity index is 0.000000326. The minimum Gasteiger partial charge on any atom is -0.478 e. The van der Waals surface area contributed by atoms with Crippen LogP contribution in [0.2, 0.25) is 0 Å². The summed E-state index contributed by atoms with van der Waals surface area (Å²) in [7, 11) is 0. The lowest BCUT2D eigenvalue weighted by atomic mass is 10.1. The van der Waals surface area contributed by atoms with Crippen LogP contribution in [0.1, 0.15) is 18.9 Å². The molecule has 5 nitrogen and oxygen atoms in total. The molecular formula is C18H19NO4. The highest BCUT2D eigenvalue weighted by Crippen LogP contribution is 2.33. The molecule has 120 valence electrons. The summed E-state index contributed by atoms with van der Waals surface area (Å²) in [6.45, 7) is 2.23.